The van der Waals surface area contributed by atoms with Gasteiger partial charge in [-0.1, -0.05) is 24.0 Å². The van der Waals surface area contributed by atoms with E-state index in [0.717, 1.165) is 0 Å². The number of anilines is 1. The molecule has 18 heavy (non-hydrogen) atoms. The lowest BCUT2D eigenvalue weighted by Crippen LogP contribution is -1.93. The number of halogens is 2. The van der Waals surface area contributed by atoms with Crippen LogP contribution in [0.2, 0.25) is 0 Å². The Balaban J connectivity index is 2.45. The molecule has 0 fully saturated rings. The maximum absolute atomic E-state index is 13.7. The smallest absolute Gasteiger partial charge is 0.144 e. The van der Waals surface area contributed by atoms with E-state index in [-0.39, 0.29) is 5.56 Å². The number of benzene rings is 2. The Hall–Kier alpha value is -2.34. The fourth-order valence-electron chi connectivity index (χ4n) is 1.52. The first-order valence-corrected chi connectivity index (χ1v) is 5.40. The van der Waals surface area contributed by atoms with E-state index in [0.29, 0.717) is 16.8 Å². The van der Waals surface area contributed by atoms with Crippen molar-refractivity contribution in [3.05, 3.63) is 64.7 Å². The molecule has 0 saturated carbocycles. The highest BCUT2D eigenvalue weighted by molar-refractivity contribution is 5.50. The third-order valence-corrected chi connectivity index (χ3v) is 2.50. The number of aryl methyl sites for hydroxylation is 1. The van der Waals surface area contributed by atoms with Gasteiger partial charge in [0.1, 0.15) is 11.6 Å². The van der Waals surface area contributed by atoms with Gasteiger partial charge in [-0.25, -0.2) is 8.78 Å². The maximum Gasteiger partial charge on any atom is 0.144 e. The minimum atomic E-state index is -0.658. The van der Waals surface area contributed by atoms with E-state index in [1.807, 2.05) is 0 Å². The molecule has 0 amide bonds. The van der Waals surface area contributed by atoms with Gasteiger partial charge in [0, 0.05) is 11.3 Å². The van der Waals surface area contributed by atoms with Gasteiger partial charge in [-0.2, -0.15) is 0 Å². The first-order valence-electron chi connectivity index (χ1n) is 5.40. The monoisotopic (exact) mass is 243 g/mol. The molecule has 0 aliphatic heterocycles. The predicted molar refractivity (Wildman–Crippen MR) is 67.9 cm³/mol. The second-order valence-corrected chi connectivity index (χ2v) is 3.93. The third-order valence-electron chi connectivity index (χ3n) is 2.50. The molecule has 0 heterocycles. The fourth-order valence-corrected chi connectivity index (χ4v) is 1.52. The highest BCUT2D eigenvalue weighted by Gasteiger charge is 2.08. The second kappa shape index (κ2) is 4.89. The number of nitrogen functional groups attached to an aromatic ring is 1. The van der Waals surface area contributed by atoms with Crippen LogP contribution < -0.4 is 5.73 Å². The van der Waals surface area contributed by atoms with Crippen molar-refractivity contribution in [2.45, 2.75) is 6.92 Å². The first kappa shape index (κ1) is 12.1. The summed E-state index contributed by atoms with van der Waals surface area (Å²) >= 11 is 0. The quantitative estimate of drug-likeness (QED) is 0.558. The van der Waals surface area contributed by atoms with Crippen LogP contribution in [-0.4, -0.2) is 0 Å². The average Bonchev–Trinajstić information content (AvgIpc) is 2.34. The Kier molecular flexibility index (Phi) is 3.29. The summed E-state index contributed by atoms with van der Waals surface area (Å²) in [7, 11) is 0. The molecular formula is C15H11F2N. The number of rotatable bonds is 0. The lowest BCUT2D eigenvalue weighted by molar-refractivity contribution is 0.571. The molecule has 0 atom stereocenters. The minimum Gasteiger partial charge on any atom is -0.399 e. The van der Waals surface area contributed by atoms with Gasteiger partial charge in [-0.15, -0.1) is 0 Å². The molecule has 0 unspecified atom stereocenters. The summed E-state index contributed by atoms with van der Waals surface area (Å²) in [5.74, 6) is 3.93. The van der Waals surface area contributed by atoms with Crippen molar-refractivity contribution in [3.8, 4) is 11.8 Å². The van der Waals surface area contributed by atoms with Crippen LogP contribution in [0.4, 0.5) is 14.5 Å². The summed E-state index contributed by atoms with van der Waals surface area (Å²) in [6.45, 7) is 1.57. The van der Waals surface area contributed by atoms with Crippen molar-refractivity contribution in [3.63, 3.8) is 0 Å². The van der Waals surface area contributed by atoms with Crippen LogP contribution in [0.25, 0.3) is 0 Å². The summed E-state index contributed by atoms with van der Waals surface area (Å²) in [5.41, 5.74) is 6.94. The molecule has 2 aromatic rings. The van der Waals surface area contributed by atoms with Crippen LogP contribution in [0.3, 0.4) is 0 Å². The molecule has 3 heteroatoms. The van der Waals surface area contributed by atoms with Crippen LogP contribution in [0.1, 0.15) is 16.7 Å². The van der Waals surface area contributed by atoms with E-state index in [1.54, 1.807) is 31.2 Å². The summed E-state index contributed by atoms with van der Waals surface area (Å²) in [5, 5.41) is 0. The van der Waals surface area contributed by atoms with E-state index in [2.05, 4.69) is 11.8 Å². The van der Waals surface area contributed by atoms with Crippen molar-refractivity contribution in [2.75, 3.05) is 5.73 Å². The Morgan fingerprint density at radius 3 is 2.56 bits per heavy atom. The molecule has 2 N–H and O–H groups in total. The van der Waals surface area contributed by atoms with Gasteiger partial charge in [-0.3, -0.25) is 0 Å². The maximum atomic E-state index is 13.7. The van der Waals surface area contributed by atoms with E-state index in [1.165, 1.54) is 12.1 Å². The standard InChI is InChI=1S/C15H11F2N/c1-10-5-8-14(16)13(15(10)17)7-6-11-3-2-4-12(18)9-11/h2-5,8-9H,18H2,1H3. The third kappa shape index (κ3) is 2.49. The number of hydrogen-bond donors (Lipinski definition) is 1. The molecule has 0 aliphatic carbocycles. The summed E-state index contributed by atoms with van der Waals surface area (Å²) in [6, 6.07) is 9.44. The Morgan fingerprint density at radius 1 is 1.06 bits per heavy atom. The van der Waals surface area contributed by atoms with Crippen LogP contribution in [0.15, 0.2) is 36.4 Å². The zero-order valence-electron chi connectivity index (χ0n) is 9.80. The zero-order valence-corrected chi connectivity index (χ0v) is 9.80. The lowest BCUT2D eigenvalue weighted by atomic mass is 10.1. The highest BCUT2D eigenvalue weighted by Crippen LogP contribution is 2.15. The van der Waals surface area contributed by atoms with E-state index < -0.39 is 11.6 Å². The number of hydrogen-bond acceptors (Lipinski definition) is 1. The van der Waals surface area contributed by atoms with Gasteiger partial charge in [0.25, 0.3) is 0 Å². The predicted octanol–water partition coefficient (Wildman–Crippen LogP) is 3.26. The van der Waals surface area contributed by atoms with Crippen molar-refractivity contribution in [1.82, 2.24) is 0 Å². The highest BCUT2D eigenvalue weighted by atomic mass is 19.1. The first-order chi connectivity index (χ1) is 8.58. The SMILES string of the molecule is Cc1ccc(F)c(C#Cc2cccc(N)c2)c1F. The molecule has 0 radical (unpaired) electrons. The minimum absolute atomic E-state index is 0.211. The Bertz CT molecular complexity index is 651. The van der Waals surface area contributed by atoms with Crippen molar-refractivity contribution < 1.29 is 8.78 Å². The van der Waals surface area contributed by atoms with Crippen molar-refractivity contribution in [2.24, 2.45) is 0 Å². The van der Waals surface area contributed by atoms with Crippen LogP contribution in [0.5, 0.6) is 0 Å². The van der Waals surface area contributed by atoms with Gasteiger partial charge in [0.05, 0.1) is 5.56 Å². The topological polar surface area (TPSA) is 26.0 Å². The largest absolute Gasteiger partial charge is 0.399 e. The van der Waals surface area contributed by atoms with Gasteiger partial charge < -0.3 is 5.73 Å². The summed E-state index contributed by atoms with van der Waals surface area (Å²) in [4.78, 5) is 0. The average molecular weight is 243 g/mol. The van der Waals surface area contributed by atoms with Crippen molar-refractivity contribution >= 4 is 5.69 Å². The summed E-state index contributed by atoms with van der Waals surface area (Å²) < 4.78 is 27.1. The Labute approximate surface area is 104 Å². The second-order valence-electron chi connectivity index (χ2n) is 3.93. The van der Waals surface area contributed by atoms with Crippen molar-refractivity contribution in [1.29, 1.82) is 0 Å². The van der Waals surface area contributed by atoms with Gasteiger partial charge in [-0.05, 0) is 36.8 Å². The van der Waals surface area contributed by atoms with Crippen LogP contribution >= 0.6 is 0 Å². The van der Waals surface area contributed by atoms with Crippen LogP contribution in [0, 0.1) is 30.4 Å². The molecule has 2 rings (SSSR count). The molecule has 0 aromatic heterocycles. The van der Waals surface area contributed by atoms with E-state index >= 15 is 0 Å². The molecule has 0 aliphatic rings. The van der Waals surface area contributed by atoms with Gasteiger partial charge in [0.15, 0.2) is 0 Å². The molecule has 1 nitrogen and oxygen atoms in total. The van der Waals surface area contributed by atoms with Gasteiger partial charge in [0.2, 0.25) is 0 Å². The molecule has 90 valence electrons. The molecule has 0 saturated heterocycles. The van der Waals surface area contributed by atoms with Gasteiger partial charge >= 0.3 is 0 Å². The fraction of sp³-hybridized carbons (Fsp3) is 0.0667. The molecular weight excluding hydrogens is 232 g/mol. The zero-order chi connectivity index (χ0) is 13.1. The van der Waals surface area contributed by atoms with E-state index in [9.17, 15) is 8.78 Å². The molecule has 0 bridgehead atoms. The Morgan fingerprint density at radius 2 is 1.83 bits per heavy atom. The lowest BCUT2D eigenvalue weighted by Gasteiger charge is -2.00. The van der Waals surface area contributed by atoms with E-state index in [4.69, 9.17) is 5.73 Å². The molecule has 0 spiro atoms. The summed E-state index contributed by atoms with van der Waals surface area (Å²) in [6.07, 6.45) is 0. The molecule has 2 aromatic carbocycles. The normalized spacial score (nSPS) is 9.72. The van der Waals surface area contributed by atoms with Crippen LogP contribution in [-0.2, 0) is 0 Å². The number of nitrogens with two attached hydrogens (primary N) is 1.